The van der Waals surface area contributed by atoms with Crippen LogP contribution >= 0.6 is 11.3 Å². The van der Waals surface area contributed by atoms with Gasteiger partial charge in [-0.3, -0.25) is 4.79 Å². The van der Waals surface area contributed by atoms with Crippen molar-refractivity contribution in [1.82, 2.24) is 5.32 Å². The predicted molar refractivity (Wildman–Crippen MR) is 75.6 cm³/mol. The van der Waals surface area contributed by atoms with E-state index in [0.29, 0.717) is 0 Å². The van der Waals surface area contributed by atoms with Gasteiger partial charge in [-0.15, -0.1) is 11.3 Å². The van der Waals surface area contributed by atoms with Crippen LogP contribution in [0.1, 0.15) is 40.9 Å². The molecule has 1 saturated carbocycles. The minimum atomic E-state index is 0.0550. The Kier molecular flexibility index (Phi) is 3.29. The normalized spacial score (nSPS) is 19.3. The molecule has 0 unspecified atom stereocenters. The molecule has 0 radical (unpaired) electrons. The van der Waals surface area contributed by atoms with Gasteiger partial charge in [0.25, 0.3) is 5.91 Å². The van der Waals surface area contributed by atoms with Crippen LogP contribution < -0.4 is 10.2 Å². The molecule has 0 saturated heterocycles. The van der Waals surface area contributed by atoms with E-state index in [1.807, 2.05) is 0 Å². The second kappa shape index (κ2) is 4.92. The Morgan fingerprint density at radius 1 is 1.50 bits per heavy atom. The SMILES string of the molecule is CNC(=O)c1cc2c(s1)N(CC1CC1)CCCC2. The highest BCUT2D eigenvalue weighted by molar-refractivity contribution is 7.18. The maximum Gasteiger partial charge on any atom is 0.261 e. The number of rotatable bonds is 3. The van der Waals surface area contributed by atoms with Crippen molar-refractivity contribution >= 4 is 22.2 Å². The monoisotopic (exact) mass is 264 g/mol. The fraction of sp³-hybridized carbons (Fsp3) is 0.643. The molecule has 1 aromatic heterocycles. The molecule has 1 N–H and O–H groups in total. The summed E-state index contributed by atoms with van der Waals surface area (Å²) in [5.41, 5.74) is 1.39. The molecule has 1 aliphatic heterocycles. The van der Waals surface area contributed by atoms with Gasteiger partial charge in [-0.05, 0) is 49.7 Å². The highest BCUT2D eigenvalue weighted by Gasteiger charge is 2.27. The van der Waals surface area contributed by atoms with Gasteiger partial charge < -0.3 is 10.2 Å². The van der Waals surface area contributed by atoms with Gasteiger partial charge in [0.05, 0.1) is 9.88 Å². The Bertz CT molecular complexity index is 451. The van der Waals surface area contributed by atoms with E-state index >= 15 is 0 Å². The first-order chi connectivity index (χ1) is 8.78. The molecule has 3 rings (SSSR count). The van der Waals surface area contributed by atoms with E-state index in [1.54, 1.807) is 18.4 Å². The van der Waals surface area contributed by atoms with E-state index in [1.165, 1.54) is 42.8 Å². The second-order valence-electron chi connectivity index (χ2n) is 5.37. The van der Waals surface area contributed by atoms with Gasteiger partial charge in [-0.25, -0.2) is 0 Å². The van der Waals surface area contributed by atoms with Crippen LogP contribution in [0.25, 0.3) is 0 Å². The van der Waals surface area contributed by atoms with Gasteiger partial charge in [0.2, 0.25) is 0 Å². The maximum absolute atomic E-state index is 11.7. The number of aryl methyl sites for hydroxylation is 1. The van der Waals surface area contributed by atoms with Crippen molar-refractivity contribution in [3.63, 3.8) is 0 Å². The number of nitrogens with zero attached hydrogens (tertiary/aromatic N) is 1. The van der Waals surface area contributed by atoms with Crippen molar-refractivity contribution in [1.29, 1.82) is 0 Å². The fourth-order valence-electron chi connectivity index (χ4n) is 2.61. The highest BCUT2D eigenvalue weighted by atomic mass is 32.1. The van der Waals surface area contributed by atoms with E-state index in [-0.39, 0.29) is 5.91 Å². The van der Waals surface area contributed by atoms with Crippen LogP contribution in [0.2, 0.25) is 0 Å². The van der Waals surface area contributed by atoms with Crippen molar-refractivity contribution in [2.75, 3.05) is 25.0 Å². The third kappa shape index (κ3) is 2.39. The molecular weight excluding hydrogens is 244 g/mol. The van der Waals surface area contributed by atoms with Crippen LogP contribution in [-0.2, 0) is 6.42 Å². The molecular formula is C14H20N2OS. The summed E-state index contributed by atoms with van der Waals surface area (Å²) in [7, 11) is 1.70. The van der Waals surface area contributed by atoms with Crippen LogP contribution in [0.15, 0.2) is 6.07 Å². The Balaban J connectivity index is 1.86. The molecule has 1 fully saturated rings. The number of hydrogen-bond donors (Lipinski definition) is 1. The van der Waals surface area contributed by atoms with E-state index in [0.717, 1.165) is 23.8 Å². The maximum atomic E-state index is 11.7. The average Bonchev–Trinajstić information content (AvgIpc) is 3.13. The summed E-state index contributed by atoms with van der Waals surface area (Å²) in [5, 5.41) is 4.09. The standard InChI is InChI=1S/C14H20N2OS/c1-15-13(17)12-8-11-4-2-3-7-16(14(11)18-12)9-10-5-6-10/h8,10H,2-7,9H2,1H3,(H,15,17). The van der Waals surface area contributed by atoms with E-state index in [9.17, 15) is 4.79 Å². The number of fused-ring (bicyclic) bond motifs is 1. The van der Waals surface area contributed by atoms with Crippen LogP contribution in [0.4, 0.5) is 5.00 Å². The molecule has 1 aliphatic carbocycles. The summed E-state index contributed by atoms with van der Waals surface area (Å²) in [4.78, 5) is 15.1. The smallest absolute Gasteiger partial charge is 0.261 e. The number of hydrogen-bond acceptors (Lipinski definition) is 3. The zero-order chi connectivity index (χ0) is 12.5. The summed E-state index contributed by atoms with van der Waals surface area (Å²) in [6.07, 6.45) is 6.44. The van der Waals surface area contributed by atoms with Gasteiger partial charge in [0.15, 0.2) is 0 Å². The molecule has 3 nitrogen and oxygen atoms in total. The summed E-state index contributed by atoms with van der Waals surface area (Å²) < 4.78 is 0. The molecule has 2 heterocycles. The first kappa shape index (κ1) is 12.0. The molecule has 1 aromatic rings. The van der Waals surface area contributed by atoms with E-state index in [4.69, 9.17) is 0 Å². The molecule has 4 heteroatoms. The quantitative estimate of drug-likeness (QED) is 0.910. The number of anilines is 1. The van der Waals surface area contributed by atoms with Crippen molar-refractivity contribution in [2.45, 2.75) is 32.1 Å². The van der Waals surface area contributed by atoms with Crippen molar-refractivity contribution < 1.29 is 4.79 Å². The van der Waals surface area contributed by atoms with Crippen LogP contribution in [-0.4, -0.2) is 26.0 Å². The van der Waals surface area contributed by atoms with Crippen molar-refractivity contribution in [3.05, 3.63) is 16.5 Å². The molecule has 18 heavy (non-hydrogen) atoms. The molecule has 1 amide bonds. The largest absolute Gasteiger partial charge is 0.363 e. The average molecular weight is 264 g/mol. The zero-order valence-corrected chi connectivity index (χ0v) is 11.7. The number of amides is 1. The van der Waals surface area contributed by atoms with Gasteiger partial charge in [-0.1, -0.05) is 0 Å². The highest BCUT2D eigenvalue weighted by Crippen LogP contribution is 2.38. The van der Waals surface area contributed by atoms with Gasteiger partial charge in [0.1, 0.15) is 0 Å². The lowest BCUT2D eigenvalue weighted by Crippen LogP contribution is -2.25. The lowest BCUT2D eigenvalue weighted by atomic mass is 10.1. The topological polar surface area (TPSA) is 32.3 Å². The first-order valence-electron chi connectivity index (χ1n) is 6.87. The molecule has 98 valence electrons. The Labute approximate surface area is 112 Å². The molecule has 0 atom stereocenters. The van der Waals surface area contributed by atoms with Crippen LogP contribution in [0.3, 0.4) is 0 Å². The third-order valence-electron chi connectivity index (χ3n) is 3.82. The number of nitrogens with one attached hydrogen (secondary N) is 1. The fourth-order valence-corrected chi connectivity index (χ4v) is 3.80. The van der Waals surface area contributed by atoms with Crippen molar-refractivity contribution in [3.8, 4) is 0 Å². The Morgan fingerprint density at radius 3 is 3.06 bits per heavy atom. The Hall–Kier alpha value is -1.03. The zero-order valence-electron chi connectivity index (χ0n) is 10.9. The first-order valence-corrected chi connectivity index (χ1v) is 7.69. The summed E-state index contributed by atoms with van der Waals surface area (Å²) in [5.74, 6) is 0.959. The van der Waals surface area contributed by atoms with Gasteiger partial charge >= 0.3 is 0 Å². The molecule has 0 aromatic carbocycles. The summed E-state index contributed by atoms with van der Waals surface area (Å²) >= 11 is 1.67. The lowest BCUT2D eigenvalue weighted by molar-refractivity contribution is 0.0967. The number of carbonyl (C=O) groups is 1. The minimum absolute atomic E-state index is 0.0550. The molecule has 0 bridgehead atoms. The number of thiophene rings is 1. The van der Waals surface area contributed by atoms with Crippen LogP contribution in [0.5, 0.6) is 0 Å². The van der Waals surface area contributed by atoms with Crippen LogP contribution in [0, 0.1) is 5.92 Å². The van der Waals surface area contributed by atoms with E-state index in [2.05, 4.69) is 16.3 Å². The van der Waals surface area contributed by atoms with Crippen molar-refractivity contribution in [2.24, 2.45) is 5.92 Å². The third-order valence-corrected chi connectivity index (χ3v) is 5.06. The predicted octanol–water partition coefficient (Wildman–Crippen LogP) is 2.66. The minimum Gasteiger partial charge on any atom is -0.363 e. The molecule has 2 aliphatic rings. The second-order valence-corrected chi connectivity index (χ2v) is 6.40. The summed E-state index contributed by atoms with van der Waals surface area (Å²) in [6, 6.07) is 2.10. The van der Waals surface area contributed by atoms with Gasteiger partial charge in [-0.2, -0.15) is 0 Å². The van der Waals surface area contributed by atoms with E-state index < -0.39 is 0 Å². The Morgan fingerprint density at radius 2 is 2.33 bits per heavy atom. The van der Waals surface area contributed by atoms with Gasteiger partial charge in [0, 0.05) is 20.1 Å². The molecule has 0 spiro atoms. The lowest BCUT2D eigenvalue weighted by Gasteiger charge is -2.22. The summed E-state index contributed by atoms with van der Waals surface area (Å²) in [6.45, 7) is 2.36. The number of carbonyl (C=O) groups excluding carboxylic acids is 1.